The molecule has 1 saturated heterocycles. The molecule has 0 radical (unpaired) electrons. The van der Waals surface area contributed by atoms with Gasteiger partial charge in [0.1, 0.15) is 11.9 Å². The molecule has 0 spiro atoms. The molecule has 2 atom stereocenters. The van der Waals surface area contributed by atoms with Crippen molar-refractivity contribution in [2.45, 2.75) is 31.9 Å². The molecule has 3 rings (SSSR count). The first kappa shape index (κ1) is 17.3. The monoisotopic (exact) mass is 340 g/mol. The molecule has 1 unspecified atom stereocenters. The summed E-state index contributed by atoms with van der Waals surface area (Å²) in [5.74, 6) is 0.631. The number of urea groups is 1. The number of nitrogens with one attached hydrogen (secondary N) is 1. The number of nitrogens with zero attached hydrogens (tertiary/aromatic N) is 1. The Kier molecular flexibility index (Phi) is 5.56. The number of rotatable bonds is 5. The van der Waals surface area contributed by atoms with E-state index in [9.17, 15) is 9.90 Å². The minimum atomic E-state index is -0.194. The SMILES string of the molecule is CC(Oc1ccccc1NC(=O)N1CCC[C@H]1CO)c1ccccc1. The average molecular weight is 340 g/mol. The molecule has 2 aromatic carbocycles. The van der Waals surface area contributed by atoms with Crippen LogP contribution in [0.15, 0.2) is 54.6 Å². The number of para-hydroxylation sites is 2. The zero-order chi connectivity index (χ0) is 17.6. The van der Waals surface area contributed by atoms with Gasteiger partial charge in [0.2, 0.25) is 0 Å². The molecule has 1 aliphatic rings. The van der Waals surface area contributed by atoms with E-state index in [4.69, 9.17) is 4.74 Å². The summed E-state index contributed by atoms with van der Waals surface area (Å²) in [4.78, 5) is 14.2. The molecule has 5 nitrogen and oxygen atoms in total. The molecule has 25 heavy (non-hydrogen) atoms. The lowest BCUT2D eigenvalue weighted by atomic mass is 10.1. The topological polar surface area (TPSA) is 61.8 Å². The molecule has 132 valence electrons. The number of carbonyl (C=O) groups excluding carboxylic acids is 1. The molecule has 0 bridgehead atoms. The second-order valence-corrected chi connectivity index (χ2v) is 6.27. The van der Waals surface area contributed by atoms with Crippen molar-refractivity contribution in [3.63, 3.8) is 0 Å². The van der Waals surface area contributed by atoms with Crippen LogP contribution in [-0.2, 0) is 0 Å². The van der Waals surface area contributed by atoms with Crippen molar-refractivity contribution in [1.29, 1.82) is 0 Å². The molecule has 0 saturated carbocycles. The summed E-state index contributed by atoms with van der Waals surface area (Å²) in [6.45, 7) is 2.65. The lowest BCUT2D eigenvalue weighted by Gasteiger charge is -2.24. The standard InChI is InChI=1S/C20H24N2O3/c1-15(16-8-3-2-4-9-16)25-19-12-6-5-11-18(19)21-20(24)22-13-7-10-17(22)14-23/h2-6,8-9,11-12,15,17,23H,7,10,13-14H2,1H3,(H,21,24)/t15?,17-/m0/s1. The highest BCUT2D eigenvalue weighted by atomic mass is 16.5. The average Bonchev–Trinajstić information content (AvgIpc) is 3.13. The van der Waals surface area contributed by atoms with Crippen molar-refractivity contribution in [2.75, 3.05) is 18.5 Å². The van der Waals surface area contributed by atoms with Crippen molar-refractivity contribution in [1.82, 2.24) is 4.90 Å². The highest BCUT2D eigenvalue weighted by Crippen LogP contribution is 2.30. The van der Waals surface area contributed by atoms with Gasteiger partial charge in [0.25, 0.3) is 0 Å². The van der Waals surface area contributed by atoms with Crippen molar-refractivity contribution in [2.24, 2.45) is 0 Å². The van der Waals surface area contributed by atoms with E-state index < -0.39 is 0 Å². The third-order valence-electron chi connectivity index (χ3n) is 4.55. The fourth-order valence-electron chi connectivity index (χ4n) is 3.14. The predicted octanol–water partition coefficient (Wildman–Crippen LogP) is 3.82. The maximum absolute atomic E-state index is 12.5. The van der Waals surface area contributed by atoms with Crippen LogP contribution in [0.4, 0.5) is 10.5 Å². The Bertz CT molecular complexity index is 705. The molecule has 2 N–H and O–H groups in total. The highest BCUT2D eigenvalue weighted by molar-refractivity contribution is 5.91. The Morgan fingerprint density at radius 1 is 1.24 bits per heavy atom. The highest BCUT2D eigenvalue weighted by Gasteiger charge is 2.28. The van der Waals surface area contributed by atoms with Crippen LogP contribution >= 0.6 is 0 Å². The number of aliphatic hydroxyl groups excluding tert-OH is 1. The van der Waals surface area contributed by atoms with Gasteiger partial charge in [-0.15, -0.1) is 0 Å². The summed E-state index contributed by atoms with van der Waals surface area (Å²) in [5, 5.41) is 12.3. The molecule has 0 aliphatic carbocycles. The van der Waals surface area contributed by atoms with Gasteiger partial charge in [0, 0.05) is 6.54 Å². The van der Waals surface area contributed by atoms with Crippen LogP contribution < -0.4 is 10.1 Å². The van der Waals surface area contributed by atoms with Crippen molar-refractivity contribution in [3.05, 3.63) is 60.2 Å². The first-order valence-corrected chi connectivity index (χ1v) is 8.68. The van der Waals surface area contributed by atoms with Crippen LogP contribution in [0.3, 0.4) is 0 Å². The molecule has 1 heterocycles. The summed E-state index contributed by atoms with van der Waals surface area (Å²) in [6, 6.07) is 17.1. The molecular weight excluding hydrogens is 316 g/mol. The first-order chi connectivity index (χ1) is 12.2. The van der Waals surface area contributed by atoms with E-state index in [1.165, 1.54) is 0 Å². The van der Waals surface area contributed by atoms with Gasteiger partial charge in [0.15, 0.2) is 0 Å². The second-order valence-electron chi connectivity index (χ2n) is 6.27. The number of hydrogen-bond donors (Lipinski definition) is 2. The molecule has 5 heteroatoms. The molecule has 2 amide bonds. The van der Waals surface area contributed by atoms with E-state index in [1.54, 1.807) is 4.90 Å². The first-order valence-electron chi connectivity index (χ1n) is 8.68. The lowest BCUT2D eigenvalue weighted by Crippen LogP contribution is -2.40. The minimum absolute atomic E-state index is 0.00337. The predicted molar refractivity (Wildman–Crippen MR) is 97.8 cm³/mol. The van der Waals surface area contributed by atoms with Gasteiger partial charge in [-0.3, -0.25) is 0 Å². The molecule has 0 aromatic heterocycles. The number of amides is 2. The van der Waals surface area contributed by atoms with Crippen LogP contribution in [0.5, 0.6) is 5.75 Å². The zero-order valence-electron chi connectivity index (χ0n) is 14.4. The smallest absolute Gasteiger partial charge is 0.322 e. The Morgan fingerprint density at radius 2 is 1.96 bits per heavy atom. The summed E-state index contributed by atoms with van der Waals surface area (Å²) < 4.78 is 6.07. The third kappa shape index (κ3) is 4.12. The maximum Gasteiger partial charge on any atom is 0.322 e. The zero-order valence-corrected chi connectivity index (χ0v) is 14.4. The molecule has 1 aliphatic heterocycles. The number of anilines is 1. The van der Waals surface area contributed by atoms with Gasteiger partial charge in [-0.05, 0) is 37.5 Å². The van der Waals surface area contributed by atoms with Gasteiger partial charge >= 0.3 is 6.03 Å². The van der Waals surface area contributed by atoms with E-state index in [2.05, 4.69) is 5.32 Å². The van der Waals surface area contributed by atoms with Gasteiger partial charge in [0.05, 0.1) is 18.3 Å². The Balaban J connectivity index is 1.71. The van der Waals surface area contributed by atoms with Crippen LogP contribution in [-0.4, -0.2) is 35.2 Å². The number of likely N-dealkylation sites (tertiary alicyclic amines) is 1. The van der Waals surface area contributed by atoms with Gasteiger partial charge in [-0.2, -0.15) is 0 Å². The number of ether oxygens (including phenoxy) is 1. The van der Waals surface area contributed by atoms with Crippen LogP contribution in [0, 0.1) is 0 Å². The van der Waals surface area contributed by atoms with Crippen LogP contribution in [0.2, 0.25) is 0 Å². The van der Waals surface area contributed by atoms with E-state index in [1.807, 2.05) is 61.5 Å². The fraction of sp³-hybridized carbons (Fsp3) is 0.350. The Morgan fingerprint density at radius 3 is 2.72 bits per heavy atom. The van der Waals surface area contributed by atoms with Crippen molar-refractivity contribution in [3.8, 4) is 5.75 Å². The van der Waals surface area contributed by atoms with E-state index in [0.717, 1.165) is 18.4 Å². The van der Waals surface area contributed by atoms with Crippen LogP contribution in [0.25, 0.3) is 0 Å². The molecule has 2 aromatic rings. The Labute approximate surface area is 148 Å². The van der Waals surface area contributed by atoms with E-state index >= 15 is 0 Å². The maximum atomic E-state index is 12.5. The fourth-order valence-corrected chi connectivity index (χ4v) is 3.14. The normalized spacial score (nSPS) is 18.0. The van der Waals surface area contributed by atoms with Crippen molar-refractivity contribution < 1.29 is 14.6 Å². The largest absolute Gasteiger partial charge is 0.484 e. The minimum Gasteiger partial charge on any atom is -0.484 e. The van der Waals surface area contributed by atoms with Gasteiger partial charge in [-0.1, -0.05) is 42.5 Å². The lowest BCUT2D eigenvalue weighted by molar-refractivity contribution is 0.166. The molecule has 1 fully saturated rings. The second kappa shape index (κ2) is 8.03. The summed E-state index contributed by atoms with van der Waals surface area (Å²) >= 11 is 0. The third-order valence-corrected chi connectivity index (χ3v) is 4.55. The Hall–Kier alpha value is -2.53. The van der Waals surface area contributed by atoms with Gasteiger partial charge < -0.3 is 20.1 Å². The van der Waals surface area contributed by atoms with E-state index in [-0.39, 0.29) is 24.8 Å². The van der Waals surface area contributed by atoms with Crippen molar-refractivity contribution >= 4 is 11.7 Å². The van der Waals surface area contributed by atoms with Crippen LogP contribution in [0.1, 0.15) is 31.4 Å². The number of carbonyl (C=O) groups is 1. The summed E-state index contributed by atoms with van der Waals surface area (Å²) in [5.41, 5.74) is 1.71. The van der Waals surface area contributed by atoms with E-state index in [0.29, 0.717) is 18.0 Å². The molecular formula is C20H24N2O3. The summed E-state index contributed by atoms with van der Waals surface area (Å²) in [7, 11) is 0. The number of aliphatic hydroxyl groups is 1. The van der Waals surface area contributed by atoms with Gasteiger partial charge in [-0.25, -0.2) is 4.79 Å². The number of benzene rings is 2. The quantitative estimate of drug-likeness (QED) is 0.870. The number of hydrogen-bond acceptors (Lipinski definition) is 3. The summed E-state index contributed by atoms with van der Waals surface area (Å²) in [6.07, 6.45) is 1.63.